The van der Waals surface area contributed by atoms with Crippen molar-refractivity contribution in [1.29, 1.82) is 0 Å². The van der Waals surface area contributed by atoms with Crippen LogP contribution in [0, 0.1) is 0 Å². The first kappa shape index (κ1) is 11.2. The van der Waals surface area contributed by atoms with Crippen LogP contribution in [0.25, 0.3) is 0 Å². The maximum absolute atomic E-state index is 11.0. The van der Waals surface area contributed by atoms with E-state index in [0.717, 1.165) is 0 Å². The molecule has 2 saturated heterocycles. The van der Waals surface area contributed by atoms with E-state index in [0.29, 0.717) is 6.54 Å². The summed E-state index contributed by atoms with van der Waals surface area (Å²) >= 11 is 0. The third-order valence-corrected chi connectivity index (χ3v) is 3.62. The van der Waals surface area contributed by atoms with Gasteiger partial charge in [-0.05, 0) is 7.05 Å². The average Bonchev–Trinajstić information content (AvgIpc) is 2.19. The lowest BCUT2D eigenvalue weighted by atomic mass is 9.95. The van der Waals surface area contributed by atoms with E-state index in [9.17, 15) is 13.5 Å². The molecule has 0 spiro atoms. The van der Waals surface area contributed by atoms with Crippen molar-refractivity contribution < 1.29 is 21.9 Å². The Bertz CT molecular complexity index is 332. The third kappa shape index (κ3) is 2.14. The van der Waals surface area contributed by atoms with E-state index in [1.165, 1.54) is 0 Å². The van der Waals surface area contributed by atoms with Crippen LogP contribution in [0.5, 0.6) is 0 Å². The zero-order chi connectivity index (χ0) is 11.1. The first-order chi connectivity index (χ1) is 7.03. The molecule has 88 valence electrons. The largest absolute Gasteiger partial charge is 0.400 e. The molecule has 3 N–H and O–H groups in total. The van der Waals surface area contributed by atoms with E-state index >= 15 is 0 Å². The Kier molecular flexibility index (Phi) is 2.97. The van der Waals surface area contributed by atoms with Crippen LogP contribution in [0.3, 0.4) is 0 Å². The summed E-state index contributed by atoms with van der Waals surface area (Å²) in [5.74, 6) is 0. The van der Waals surface area contributed by atoms with Crippen molar-refractivity contribution in [1.82, 2.24) is 10.6 Å². The van der Waals surface area contributed by atoms with Crippen molar-refractivity contribution >= 4 is 10.4 Å². The number of piperidine rings is 1. The third-order valence-electron chi connectivity index (χ3n) is 2.74. The number of likely N-dealkylation sites (N-methyl/N-ethyl adjacent to an activating group) is 1. The van der Waals surface area contributed by atoms with Crippen molar-refractivity contribution in [3.8, 4) is 0 Å². The fourth-order valence-electron chi connectivity index (χ4n) is 1.85. The van der Waals surface area contributed by atoms with E-state index in [2.05, 4.69) is 14.8 Å². The van der Waals surface area contributed by atoms with Gasteiger partial charge in [-0.25, -0.2) is 8.37 Å². The van der Waals surface area contributed by atoms with Gasteiger partial charge in [0.05, 0.1) is 18.8 Å². The lowest BCUT2D eigenvalue weighted by Gasteiger charge is -2.41. The number of rotatable bonds is 1. The zero-order valence-electron chi connectivity index (χ0n) is 8.21. The molecule has 0 amide bonds. The smallest absolute Gasteiger partial charge is 0.389 e. The molecule has 0 aromatic rings. The van der Waals surface area contributed by atoms with Gasteiger partial charge in [-0.1, -0.05) is 0 Å². The summed E-state index contributed by atoms with van der Waals surface area (Å²) in [5, 5.41) is 15.8. The van der Waals surface area contributed by atoms with Crippen LogP contribution in [0.2, 0.25) is 0 Å². The molecule has 15 heavy (non-hydrogen) atoms. The molecule has 0 aromatic carbocycles. The van der Waals surface area contributed by atoms with Gasteiger partial charge in [-0.15, -0.1) is 0 Å². The van der Waals surface area contributed by atoms with E-state index in [4.69, 9.17) is 4.18 Å². The van der Waals surface area contributed by atoms with Crippen LogP contribution in [0.4, 0.5) is 0 Å². The molecule has 4 atom stereocenters. The van der Waals surface area contributed by atoms with Crippen molar-refractivity contribution in [2.24, 2.45) is 0 Å². The summed E-state index contributed by atoms with van der Waals surface area (Å²) in [5.41, 5.74) is 0. The SMILES string of the molecule is CN[C@H]1CNC2COS(=O)(=O)O[C@H]2C1O. The molecule has 0 aliphatic carbocycles. The Hall–Kier alpha value is -0.250. The van der Waals surface area contributed by atoms with Crippen LogP contribution < -0.4 is 10.6 Å². The quantitative estimate of drug-likeness (QED) is 0.467. The van der Waals surface area contributed by atoms with Gasteiger partial charge in [0.25, 0.3) is 0 Å². The van der Waals surface area contributed by atoms with E-state index in [1.54, 1.807) is 7.05 Å². The van der Waals surface area contributed by atoms with Crippen LogP contribution in [-0.4, -0.2) is 58.0 Å². The predicted molar refractivity (Wildman–Crippen MR) is 50.4 cm³/mol. The minimum atomic E-state index is -3.95. The topological polar surface area (TPSA) is 96.9 Å². The van der Waals surface area contributed by atoms with Crippen LogP contribution in [-0.2, 0) is 18.8 Å². The van der Waals surface area contributed by atoms with Crippen LogP contribution >= 0.6 is 0 Å². The Morgan fingerprint density at radius 2 is 2.27 bits per heavy atom. The minimum Gasteiger partial charge on any atom is -0.389 e. The number of nitrogens with one attached hydrogen (secondary N) is 2. The van der Waals surface area contributed by atoms with Crippen molar-refractivity contribution in [3.05, 3.63) is 0 Å². The number of aliphatic hydroxyl groups is 1. The number of hydrogen-bond acceptors (Lipinski definition) is 7. The van der Waals surface area contributed by atoms with Gasteiger partial charge in [0.15, 0.2) is 0 Å². The molecule has 7 nitrogen and oxygen atoms in total. The Morgan fingerprint density at radius 1 is 1.53 bits per heavy atom. The highest BCUT2D eigenvalue weighted by atomic mass is 32.3. The second-order valence-corrected chi connectivity index (χ2v) is 4.90. The maximum Gasteiger partial charge on any atom is 0.400 e. The Labute approximate surface area is 88.1 Å². The second kappa shape index (κ2) is 3.96. The fourth-order valence-corrected chi connectivity index (χ4v) is 2.74. The molecule has 0 aromatic heterocycles. The van der Waals surface area contributed by atoms with Crippen LogP contribution in [0.1, 0.15) is 0 Å². The van der Waals surface area contributed by atoms with Gasteiger partial charge in [-0.2, -0.15) is 8.42 Å². The second-order valence-electron chi connectivity index (χ2n) is 3.65. The summed E-state index contributed by atoms with van der Waals surface area (Å²) in [7, 11) is -2.25. The number of fused-ring (bicyclic) bond motifs is 1. The van der Waals surface area contributed by atoms with Crippen molar-refractivity contribution in [2.45, 2.75) is 24.3 Å². The highest BCUT2D eigenvalue weighted by Crippen LogP contribution is 2.22. The van der Waals surface area contributed by atoms with Crippen LogP contribution in [0.15, 0.2) is 0 Å². The van der Waals surface area contributed by atoms with E-state index < -0.39 is 22.6 Å². The summed E-state index contributed by atoms with van der Waals surface area (Å²) in [4.78, 5) is 0. The first-order valence-corrected chi connectivity index (χ1v) is 6.03. The summed E-state index contributed by atoms with van der Waals surface area (Å²) in [6.45, 7) is 0.548. The molecule has 2 rings (SSSR count). The summed E-state index contributed by atoms with van der Waals surface area (Å²) in [6, 6.07) is -0.507. The number of aliphatic hydroxyl groups excluding tert-OH is 1. The molecule has 2 aliphatic heterocycles. The molecule has 8 heteroatoms. The average molecular weight is 238 g/mol. The highest BCUT2D eigenvalue weighted by Gasteiger charge is 2.45. The minimum absolute atomic E-state index is 0.000490. The first-order valence-electron chi connectivity index (χ1n) is 4.70. The summed E-state index contributed by atoms with van der Waals surface area (Å²) < 4.78 is 31.3. The van der Waals surface area contributed by atoms with Gasteiger partial charge in [0.2, 0.25) is 0 Å². The highest BCUT2D eigenvalue weighted by molar-refractivity contribution is 7.81. The Morgan fingerprint density at radius 3 is 2.93 bits per heavy atom. The van der Waals surface area contributed by atoms with E-state index in [-0.39, 0.29) is 18.7 Å². The van der Waals surface area contributed by atoms with E-state index in [1.807, 2.05) is 0 Å². The summed E-state index contributed by atoms with van der Waals surface area (Å²) in [6.07, 6.45) is -1.64. The molecule has 2 heterocycles. The zero-order valence-corrected chi connectivity index (χ0v) is 9.03. The molecule has 2 fully saturated rings. The molecule has 2 unspecified atom stereocenters. The standard InChI is InChI=1S/C7H14N2O5S/c1-8-4-2-9-5-3-13-15(11,12)14-7(5)6(4)10/h4-10H,2-3H2,1H3/t4-,5?,6?,7+/m0/s1. The lowest BCUT2D eigenvalue weighted by Crippen LogP contribution is -2.67. The van der Waals surface area contributed by atoms with Gasteiger partial charge < -0.3 is 15.7 Å². The van der Waals surface area contributed by atoms with Crippen molar-refractivity contribution in [2.75, 3.05) is 20.2 Å². The molecular formula is C7H14N2O5S. The normalized spacial score (nSPS) is 44.7. The molecule has 0 saturated carbocycles. The molecule has 2 aliphatic rings. The fraction of sp³-hybridized carbons (Fsp3) is 1.00. The van der Waals surface area contributed by atoms with Gasteiger partial charge in [-0.3, -0.25) is 0 Å². The lowest BCUT2D eigenvalue weighted by molar-refractivity contribution is -0.0611. The Balaban J connectivity index is 2.14. The maximum atomic E-state index is 11.0. The van der Waals surface area contributed by atoms with Crippen molar-refractivity contribution in [3.63, 3.8) is 0 Å². The predicted octanol–water partition coefficient (Wildman–Crippen LogP) is -2.43. The molecule has 0 bridgehead atoms. The molecular weight excluding hydrogens is 224 g/mol. The monoisotopic (exact) mass is 238 g/mol. The number of hydrogen-bond donors (Lipinski definition) is 3. The van der Waals surface area contributed by atoms with Gasteiger partial charge in [0, 0.05) is 12.6 Å². The van der Waals surface area contributed by atoms with Gasteiger partial charge >= 0.3 is 10.4 Å². The molecule has 0 radical (unpaired) electrons. The van der Waals surface area contributed by atoms with Gasteiger partial charge in [0.1, 0.15) is 6.10 Å².